The molecule has 0 atom stereocenters. The first kappa shape index (κ1) is 10.4. The maximum absolute atomic E-state index is 6.01. The van der Waals surface area contributed by atoms with Gasteiger partial charge in [0.25, 0.3) is 0 Å². The normalized spacial score (nSPS) is 16.0. The predicted octanol–water partition coefficient (Wildman–Crippen LogP) is 4.63. The molecule has 0 unspecified atom stereocenters. The molecule has 0 amide bonds. The molecule has 0 aromatic heterocycles. The lowest BCUT2D eigenvalue weighted by Gasteiger charge is -2.19. The van der Waals surface area contributed by atoms with E-state index in [9.17, 15) is 0 Å². The van der Waals surface area contributed by atoms with Crippen LogP contribution in [0.4, 0.5) is 0 Å². The Kier molecular flexibility index (Phi) is 2.18. The van der Waals surface area contributed by atoms with Crippen molar-refractivity contribution in [3.63, 3.8) is 0 Å². The van der Waals surface area contributed by atoms with Crippen LogP contribution in [-0.4, -0.2) is 0 Å². The number of hydrogen-bond acceptors (Lipinski definition) is 1. The van der Waals surface area contributed by atoms with Crippen LogP contribution in [-0.2, 0) is 0 Å². The minimum absolute atomic E-state index is 0.910. The van der Waals surface area contributed by atoms with Gasteiger partial charge in [0, 0.05) is 11.1 Å². The Bertz CT molecular complexity index is 788. The number of ether oxygens (including phenoxy) is 1. The minimum Gasteiger partial charge on any atom is -0.456 e. The van der Waals surface area contributed by atoms with Crippen molar-refractivity contribution in [2.24, 2.45) is 0 Å². The van der Waals surface area contributed by atoms with Gasteiger partial charge in [0.2, 0.25) is 0 Å². The molecule has 0 N–H and O–H groups in total. The summed E-state index contributed by atoms with van der Waals surface area (Å²) in [5.74, 6) is 1.84. The maximum atomic E-state index is 6.01. The fourth-order valence-electron chi connectivity index (χ4n) is 2.54. The van der Waals surface area contributed by atoms with Crippen LogP contribution in [0.5, 0.6) is 5.75 Å². The third-order valence-electron chi connectivity index (χ3n) is 3.48. The van der Waals surface area contributed by atoms with Crippen LogP contribution in [0, 0.1) is 0 Å². The molecule has 4 rings (SSSR count). The van der Waals surface area contributed by atoms with Gasteiger partial charge in [0.1, 0.15) is 11.5 Å². The molecular formula is C18H12O. The number of fused-ring (bicyclic) bond motifs is 4. The van der Waals surface area contributed by atoms with Crippen molar-refractivity contribution in [2.75, 3.05) is 0 Å². The van der Waals surface area contributed by atoms with E-state index in [-0.39, 0.29) is 0 Å². The van der Waals surface area contributed by atoms with E-state index in [4.69, 9.17) is 4.74 Å². The molecule has 0 saturated carbocycles. The molecule has 2 aliphatic rings. The number of rotatable bonds is 0. The highest BCUT2D eigenvalue weighted by Crippen LogP contribution is 2.37. The quantitative estimate of drug-likeness (QED) is 0.656. The zero-order chi connectivity index (χ0) is 12.7. The lowest BCUT2D eigenvalue weighted by atomic mass is 9.98. The first-order valence-electron chi connectivity index (χ1n) is 6.38. The number of benzene rings is 2. The van der Waals surface area contributed by atoms with Crippen molar-refractivity contribution in [1.29, 1.82) is 0 Å². The molecule has 0 spiro atoms. The van der Waals surface area contributed by atoms with E-state index in [1.807, 2.05) is 30.4 Å². The van der Waals surface area contributed by atoms with Gasteiger partial charge in [-0.15, -0.1) is 0 Å². The van der Waals surface area contributed by atoms with E-state index in [1.165, 1.54) is 10.8 Å². The van der Waals surface area contributed by atoms with Crippen molar-refractivity contribution in [2.45, 2.75) is 0 Å². The first-order chi connectivity index (χ1) is 9.42. The summed E-state index contributed by atoms with van der Waals surface area (Å²) in [6.07, 6.45) is 12.3. The molecule has 1 heteroatoms. The molecule has 1 heterocycles. The number of allylic oxidation sites excluding steroid dienone is 5. The summed E-state index contributed by atoms with van der Waals surface area (Å²) in [7, 11) is 0. The highest BCUT2D eigenvalue weighted by Gasteiger charge is 2.17. The molecule has 2 aromatic carbocycles. The second-order valence-corrected chi connectivity index (χ2v) is 4.68. The highest BCUT2D eigenvalue weighted by molar-refractivity contribution is 5.95. The predicted molar refractivity (Wildman–Crippen MR) is 78.9 cm³/mol. The van der Waals surface area contributed by atoms with Gasteiger partial charge in [-0.1, -0.05) is 54.6 Å². The fourth-order valence-corrected chi connectivity index (χ4v) is 2.54. The highest BCUT2D eigenvalue weighted by atomic mass is 16.5. The summed E-state index contributed by atoms with van der Waals surface area (Å²) in [6.45, 7) is 0. The second-order valence-electron chi connectivity index (χ2n) is 4.68. The summed E-state index contributed by atoms with van der Waals surface area (Å²) in [4.78, 5) is 0. The summed E-state index contributed by atoms with van der Waals surface area (Å²) in [5.41, 5.74) is 2.28. The molecule has 0 bridgehead atoms. The molecule has 0 fully saturated rings. The Labute approximate surface area is 111 Å². The standard InChI is InChI=1S/C18H12O/c1-2-7-14-12-16-15-8-5-4-6-13(15)10-11-18(16)19-17(14)9-3-1/h1-12H. The van der Waals surface area contributed by atoms with Gasteiger partial charge in [0.15, 0.2) is 0 Å². The van der Waals surface area contributed by atoms with Gasteiger partial charge in [-0.05, 0) is 29.0 Å². The molecule has 0 radical (unpaired) electrons. The summed E-state index contributed by atoms with van der Waals surface area (Å²) in [6, 6.07) is 12.6. The summed E-state index contributed by atoms with van der Waals surface area (Å²) < 4.78 is 6.01. The van der Waals surface area contributed by atoms with Crippen molar-refractivity contribution < 1.29 is 4.74 Å². The Morgan fingerprint density at radius 3 is 2.79 bits per heavy atom. The molecule has 0 saturated heterocycles. The van der Waals surface area contributed by atoms with Crippen LogP contribution >= 0.6 is 0 Å². The van der Waals surface area contributed by atoms with Crippen LogP contribution < -0.4 is 4.74 Å². The molecule has 1 nitrogen and oxygen atoms in total. The lowest BCUT2D eigenvalue weighted by molar-refractivity contribution is 0.435. The summed E-state index contributed by atoms with van der Waals surface area (Å²) in [5, 5.41) is 2.47. The Morgan fingerprint density at radius 2 is 1.79 bits per heavy atom. The van der Waals surface area contributed by atoms with Gasteiger partial charge in [-0.25, -0.2) is 0 Å². The lowest BCUT2D eigenvalue weighted by Crippen LogP contribution is -2.04. The third kappa shape index (κ3) is 1.63. The number of hydrogen-bond donors (Lipinski definition) is 0. The van der Waals surface area contributed by atoms with Crippen molar-refractivity contribution >= 4 is 16.8 Å². The third-order valence-corrected chi connectivity index (χ3v) is 3.48. The van der Waals surface area contributed by atoms with Gasteiger partial charge < -0.3 is 4.74 Å². The fraction of sp³-hybridized carbons (Fsp3) is 0. The molecule has 1 aliphatic carbocycles. The van der Waals surface area contributed by atoms with E-state index < -0.39 is 0 Å². The maximum Gasteiger partial charge on any atom is 0.135 e. The van der Waals surface area contributed by atoms with Crippen LogP contribution in [0.15, 0.2) is 78.1 Å². The monoisotopic (exact) mass is 244 g/mol. The van der Waals surface area contributed by atoms with E-state index in [0.29, 0.717) is 0 Å². The zero-order valence-electron chi connectivity index (χ0n) is 10.3. The van der Waals surface area contributed by atoms with E-state index in [0.717, 1.165) is 22.6 Å². The van der Waals surface area contributed by atoms with Crippen LogP contribution in [0.3, 0.4) is 0 Å². The van der Waals surface area contributed by atoms with E-state index >= 15 is 0 Å². The first-order valence-corrected chi connectivity index (χ1v) is 6.38. The topological polar surface area (TPSA) is 9.23 Å². The van der Waals surface area contributed by atoms with Crippen molar-refractivity contribution in [3.05, 3.63) is 83.7 Å². The van der Waals surface area contributed by atoms with Gasteiger partial charge >= 0.3 is 0 Å². The Morgan fingerprint density at radius 1 is 0.842 bits per heavy atom. The van der Waals surface area contributed by atoms with Crippen LogP contribution in [0.25, 0.3) is 16.8 Å². The molecule has 1 aliphatic heterocycles. The molecule has 90 valence electrons. The molecule has 2 aromatic rings. The van der Waals surface area contributed by atoms with Crippen LogP contribution in [0.1, 0.15) is 5.56 Å². The Hall–Kier alpha value is -2.54. The largest absolute Gasteiger partial charge is 0.456 e. The molecular weight excluding hydrogens is 232 g/mol. The van der Waals surface area contributed by atoms with Gasteiger partial charge in [0.05, 0.1) is 0 Å². The Balaban J connectivity index is 2.02. The smallest absolute Gasteiger partial charge is 0.135 e. The van der Waals surface area contributed by atoms with Crippen LogP contribution in [0.2, 0.25) is 0 Å². The second kappa shape index (κ2) is 3.99. The van der Waals surface area contributed by atoms with E-state index in [2.05, 4.69) is 42.5 Å². The average Bonchev–Trinajstić information content (AvgIpc) is 2.69. The van der Waals surface area contributed by atoms with Gasteiger partial charge in [-0.3, -0.25) is 0 Å². The summed E-state index contributed by atoms with van der Waals surface area (Å²) >= 11 is 0. The van der Waals surface area contributed by atoms with E-state index in [1.54, 1.807) is 0 Å². The van der Waals surface area contributed by atoms with Gasteiger partial charge in [-0.2, -0.15) is 0 Å². The van der Waals surface area contributed by atoms with Crippen molar-refractivity contribution in [1.82, 2.24) is 0 Å². The zero-order valence-corrected chi connectivity index (χ0v) is 10.3. The molecule has 19 heavy (non-hydrogen) atoms. The van der Waals surface area contributed by atoms with Crippen molar-refractivity contribution in [3.8, 4) is 5.75 Å². The minimum atomic E-state index is 0.910. The average molecular weight is 244 g/mol. The SMILES string of the molecule is C1=CC=C2Oc3ccc4ccccc4c3C=C2C=C1.